The summed E-state index contributed by atoms with van der Waals surface area (Å²) < 4.78 is 94.3. The van der Waals surface area contributed by atoms with Crippen LogP contribution in [0.25, 0.3) is 0 Å². The zero-order valence-electron chi connectivity index (χ0n) is 53.4. The van der Waals surface area contributed by atoms with Crippen LogP contribution in [0.15, 0.2) is 225 Å². The van der Waals surface area contributed by atoms with Gasteiger partial charge in [-0.3, -0.25) is 9.59 Å². The van der Waals surface area contributed by atoms with Crippen LogP contribution >= 0.6 is 0 Å². The van der Waals surface area contributed by atoms with Gasteiger partial charge >= 0.3 is 59.7 Å². The molecule has 518 valence electrons. The van der Waals surface area contributed by atoms with E-state index in [1.54, 1.807) is 54.6 Å². The molecule has 7 aromatic carbocycles. The van der Waals surface area contributed by atoms with E-state index in [-0.39, 0.29) is 45.6 Å². The van der Waals surface area contributed by atoms with Gasteiger partial charge in [0.2, 0.25) is 0 Å². The van der Waals surface area contributed by atoms with Gasteiger partial charge in [-0.1, -0.05) is 133 Å². The summed E-state index contributed by atoms with van der Waals surface area (Å²) in [6.45, 7) is 3.31. The maximum atomic E-state index is 15.1. The van der Waals surface area contributed by atoms with E-state index in [1.807, 2.05) is 0 Å². The van der Waals surface area contributed by atoms with Crippen molar-refractivity contribution in [1.82, 2.24) is 0 Å². The van der Waals surface area contributed by atoms with Crippen LogP contribution in [0.3, 0.4) is 0 Å². The van der Waals surface area contributed by atoms with Crippen LogP contribution in [0.4, 0.5) is 0 Å². The van der Waals surface area contributed by atoms with E-state index in [1.165, 1.54) is 164 Å². The summed E-state index contributed by atoms with van der Waals surface area (Å²) in [5, 5.41) is 10.8. The van der Waals surface area contributed by atoms with Gasteiger partial charge in [-0.15, -0.1) is 6.58 Å². The van der Waals surface area contributed by atoms with Crippen LogP contribution in [0, 0.1) is 0 Å². The molecule has 0 aromatic heterocycles. The minimum Gasteiger partial charge on any atom is -0.479 e. The van der Waals surface area contributed by atoms with Crippen molar-refractivity contribution in [3.63, 3.8) is 0 Å². The Kier molecular flexibility index (Phi) is 24.5. The van der Waals surface area contributed by atoms with E-state index in [9.17, 15) is 48.3 Å². The number of esters is 9. The molecule has 0 unspecified atom stereocenters. The number of ether oxygens (including phenoxy) is 15. The lowest BCUT2D eigenvalue weighted by Gasteiger charge is -2.50. The average Bonchev–Trinajstić information content (AvgIpc) is 0.760. The molecule has 3 aliphatic rings. The minimum absolute atomic E-state index is 0.0122. The minimum atomic E-state index is -2.32. The number of carbonyl (C=O) groups is 10. The molecule has 26 heteroatoms. The van der Waals surface area contributed by atoms with E-state index >= 15 is 4.79 Å². The molecular weight excluding hydrogens is 1300 g/mol. The highest BCUT2D eigenvalue weighted by molar-refractivity contribution is 5.93. The third-order valence-corrected chi connectivity index (χ3v) is 15.5. The molecule has 0 amide bonds. The average molecular weight is 1370 g/mol. The van der Waals surface area contributed by atoms with Crippen LogP contribution < -0.4 is 0 Å². The molecular formula is C74H66O26. The maximum absolute atomic E-state index is 15.1. The Morgan fingerprint density at radius 3 is 0.950 bits per heavy atom. The van der Waals surface area contributed by atoms with Crippen molar-refractivity contribution in [2.24, 2.45) is 0 Å². The molecule has 3 saturated heterocycles. The van der Waals surface area contributed by atoms with Crippen LogP contribution in [0.5, 0.6) is 0 Å². The van der Waals surface area contributed by atoms with Crippen LogP contribution in [0.1, 0.15) is 86.4 Å². The zero-order valence-corrected chi connectivity index (χ0v) is 53.4. The Morgan fingerprint density at radius 2 is 0.620 bits per heavy atom. The first kappa shape index (κ1) is 71.5. The standard InChI is InChI=1S/C74H66O26/c1-4-40-86-72-61(90-44(3)76)59(58(89-43(2)75)60(100-72)64(77)78)99-74-63(97-71(85)51-38-24-11-25-39-51)57(95-69(83)49-34-20-9-21-35-49)55(53(92-74)42-88-66(80)46-28-14-6-15-29-46)98-73-62(96-70(84)50-36-22-10-23-37-50)56(94-68(82)48-32-18-8-19-33-48)54(93-67(81)47-30-16-7-17-31-47)52(91-73)41-87-65(79)45-26-12-5-13-27-45/h4-39,52-63,72-74H,1,40-42H2,2-3H3,(H,77,78)/t52-,53-,54+,55-,56+,57+,58+,59+,60+,61-,62-,63-,72+,73+,74+/m1/s1. The Hall–Kier alpha value is -11.3. The van der Waals surface area contributed by atoms with E-state index in [0.29, 0.717) is 0 Å². The van der Waals surface area contributed by atoms with Crippen molar-refractivity contribution < 1.29 is 124 Å². The summed E-state index contributed by atoms with van der Waals surface area (Å²) in [6.07, 6.45) is -30.3. The molecule has 0 aliphatic carbocycles. The van der Waals surface area contributed by atoms with Gasteiger partial charge in [0, 0.05) is 13.8 Å². The fourth-order valence-corrected chi connectivity index (χ4v) is 10.9. The quantitative estimate of drug-likeness (QED) is 0.0305. The lowest BCUT2D eigenvalue weighted by Crippen LogP contribution is -2.69. The number of hydrogen-bond donors (Lipinski definition) is 1. The molecule has 0 saturated carbocycles. The first-order chi connectivity index (χ1) is 48.4. The molecule has 3 fully saturated rings. The van der Waals surface area contributed by atoms with Crippen molar-refractivity contribution in [2.45, 2.75) is 106 Å². The molecule has 3 aliphatic heterocycles. The topological polar surface area (TPSA) is 329 Å². The second kappa shape index (κ2) is 34.3. The van der Waals surface area contributed by atoms with Gasteiger partial charge in [-0.25, -0.2) is 38.4 Å². The highest BCUT2D eigenvalue weighted by Gasteiger charge is 2.61. The zero-order chi connectivity index (χ0) is 70.7. The first-order valence-corrected chi connectivity index (χ1v) is 31.3. The highest BCUT2D eigenvalue weighted by atomic mass is 16.8. The van der Waals surface area contributed by atoms with E-state index in [0.717, 1.165) is 13.8 Å². The Morgan fingerprint density at radius 1 is 0.340 bits per heavy atom. The molecule has 15 atom stereocenters. The number of carboxylic acids is 1. The number of benzene rings is 7. The van der Waals surface area contributed by atoms with E-state index in [2.05, 4.69) is 6.58 Å². The SMILES string of the molecule is C=CCO[C@H]1O[C@H](C(=O)O)[C@@H](OC(C)=O)[C@H](O[C@@H]2O[C@H](COC(=O)c3ccccc3)[C@@H](O[C@@H]3O[C@H](COC(=O)c4ccccc4)[C@H](OC(=O)c4ccccc4)[C@H](OC(=O)c4ccccc4)[C@H]3OC(=O)c3ccccc3)[C@H](OC(=O)c3ccccc3)[C@H]2OC(=O)c2ccccc2)[C@H]1OC(C)=O. The van der Waals surface area contributed by atoms with Crippen LogP contribution in [-0.4, -0.2) is 177 Å². The summed E-state index contributed by atoms with van der Waals surface area (Å²) in [6, 6.07) is 52.1. The third kappa shape index (κ3) is 18.3. The Bertz CT molecular complexity index is 3960. The second-order valence-electron chi connectivity index (χ2n) is 22.4. The van der Waals surface area contributed by atoms with Gasteiger partial charge < -0.3 is 76.2 Å². The van der Waals surface area contributed by atoms with Gasteiger partial charge in [-0.2, -0.15) is 0 Å². The number of rotatable bonds is 26. The summed E-state index contributed by atoms with van der Waals surface area (Å²) in [4.78, 5) is 142. The molecule has 0 spiro atoms. The second-order valence-corrected chi connectivity index (χ2v) is 22.4. The fourth-order valence-electron chi connectivity index (χ4n) is 10.9. The molecule has 3 heterocycles. The molecule has 7 aromatic rings. The van der Waals surface area contributed by atoms with E-state index < -0.39 is 165 Å². The lowest BCUT2D eigenvalue weighted by atomic mass is 9.94. The van der Waals surface area contributed by atoms with Crippen molar-refractivity contribution in [3.05, 3.63) is 264 Å². The Labute approximate surface area is 571 Å². The summed E-state index contributed by atoms with van der Waals surface area (Å²) in [5.74, 6) is -11.5. The smallest absolute Gasteiger partial charge is 0.338 e. The fraction of sp³-hybridized carbons (Fsp3) is 0.270. The normalized spacial score (nSPS) is 24.6. The number of carbonyl (C=O) groups excluding carboxylic acids is 9. The van der Waals surface area contributed by atoms with Crippen molar-refractivity contribution in [3.8, 4) is 0 Å². The molecule has 100 heavy (non-hydrogen) atoms. The van der Waals surface area contributed by atoms with Gasteiger partial charge in [0.15, 0.2) is 67.7 Å². The van der Waals surface area contributed by atoms with Crippen LogP contribution in [-0.2, 0) is 85.4 Å². The largest absolute Gasteiger partial charge is 0.479 e. The number of hydrogen-bond acceptors (Lipinski definition) is 25. The third-order valence-electron chi connectivity index (χ3n) is 15.5. The predicted molar refractivity (Wildman–Crippen MR) is 342 cm³/mol. The van der Waals surface area contributed by atoms with E-state index in [4.69, 9.17) is 71.1 Å². The molecule has 26 nitrogen and oxygen atoms in total. The number of aliphatic carboxylic acids is 1. The summed E-state index contributed by atoms with van der Waals surface area (Å²) in [5.41, 5.74) is -0.472. The predicted octanol–water partition coefficient (Wildman–Crippen LogP) is 7.92. The molecule has 0 radical (unpaired) electrons. The molecule has 1 N–H and O–H groups in total. The van der Waals surface area contributed by atoms with Gasteiger partial charge in [0.05, 0.1) is 45.6 Å². The van der Waals surface area contributed by atoms with Crippen molar-refractivity contribution in [2.75, 3.05) is 19.8 Å². The van der Waals surface area contributed by atoms with Crippen LogP contribution in [0.2, 0.25) is 0 Å². The van der Waals surface area contributed by atoms with Gasteiger partial charge in [0.25, 0.3) is 0 Å². The number of carboxylic acid groups (broad SMARTS) is 1. The van der Waals surface area contributed by atoms with Crippen molar-refractivity contribution in [1.29, 1.82) is 0 Å². The highest BCUT2D eigenvalue weighted by Crippen LogP contribution is 2.40. The maximum Gasteiger partial charge on any atom is 0.338 e. The lowest BCUT2D eigenvalue weighted by molar-refractivity contribution is -0.375. The first-order valence-electron chi connectivity index (χ1n) is 31.3. The Balaban J connectivity index is 1.19. The summed E-state index contributed by atoms with van der Waals surface area (Å²) in [7, 11) is 0. The van der Waals surface area contributed by atoms with Crippen molar-refractivity contribution >= 4 is 59.7 Å². The monoisotopic (exact) mass is 1370 g/mol. The van der Waals surface area contributed by atoms with Gasteiger partial charge in [-0.05, 0) is 84.9 Å². The van der Waals surface area contributed by atoms with Gasteiger partial charge in [0.1, 0.15) is 37.6 Å². The molecule has 0 bridgehead atoms. The molecule has 10 rings (SSSR count). The summed E-state index contributed by atoms with van der Waals surface area (Å²) >= 11 is 0.